The van der Waals surface area contributed by atoms with Gasteiger partial charge in [-0.25, -0.2) is 9.69 Å². The van der Waals surface area contributed by atoms with Crippen LogP contribution in [0.3, 0.4) is 0 Å². The standard InChI is InChI=1S/C14H10Cl2N2O2/c15-9-5-7-10(8-6-9)18(14(17)20)13(19)11-3-1-2-4-12(11)16/h1-8H,(H2,17,20). The fourth-order valence-electron chi connectivity index (χ4n) is 1.69. The Morgan fingerprint density at radius 2 is 1.55 bits per heavy atom. The Bertz CT molecular complexity index is 656. The molecule has 2 aromatic rings. The molecule has 0 spiro atoms. The van der Waals surface area contributed by atoms with E-state index in [1.165, 1.54) is 18.2 Å². The largest absolute Gasteiger partial charge is 0.351 e. The molecule has 20 heavy (non-hydrogen) atoms. The number of hydrogen-bond donors (Lipinski definition) is 1. The molecule has 0 bridgehead atoms. The summed E-state index contributed by atoms with van der Waals surface area (Å²) in [6, 6.07) is 11.7. The van der Waals surface area contributed by atoms with Crippen molar-refractivity contribution in [1.29, 1.82) is 0 Å². The molecule has 0 saturated heterocycles. The number of halogens is 2. The molecule has 0 aliphatic carbocycles. The molecule has 0 atom stereocenters. The maximum atomic E-state index is 12.4. The van der Waals surface area contributed by atoms with Crippen LogP contribution in [-0.2, 0) is 0 Å². The zero-order chi connectivity index (χ0) is 14.7. The van der Waals surface area contributed by atoms with Crippen LogP contribution in [0.1, 0.15) is 10.4 Å². The Labute approximate surface area is 125 Å². The van der Waals surface area contributed by atoms with E-state index < -0.39 is 11.9 Å². The van der Waals surface area contributed by atoms with Crippen LogP contribution in [0.4, 0.5) is 10.5 Å². The molecule has 2 N–H and O–H groups in total. The van der Waals surface area contributed by atoms with Gasteiger partial charge in [0.2, 0.25) is 0 Å². The Morgan fingerprint density at radius 3 is 2.10 bits per heavy atom. The summed E-state index contributed by atoms with van der Waals surface area (Å²) in [5, 5.41) is 0.737. The molecule has 0 aliphatic heterocycles. The van der Waals surface area contributed by atoms with Gasteiger partial charge in [-0.1, -0.05) is 35.3 Å². The highest BCUT2D eigenvalue weighted by atomic mass is 35.5. The van der Waals surface area contributed by atoms with Gasteiger partial charge in [-0.3, -0.25) is 4.79 Å². The predicted molar refractivity (Wildman–Crippen MR) is 79.3 cm³/mol. The molecule has 0 aromatic heterocycles. The Hall–Kier alpha value is -2.04. The molecule has 0 unspecified atom stereocenters. The smallest absolute Gasteiger partial charge is 0.326 e. The van der Waals surface area contributed by atoms with Crippen molar-refractivity contribution in [3.8, 4) is 0 Å². The molecule has 4 nitrogen and oxygen atoms in total. The van der Waals surface area contributed by atoms with Gasteiger partial charge in [0.1, 0.15) is 0 Å². The predicted octanol–water partition coefficient (Wildman–Crippen LogP) is 3.72. The van der Waals surface area contributed by atoms with Crippen molar-refractivity contribution in [1.82, 2.24) is 0 Å². The molecular formula is C14H10Cl2N2O2. The Kier molecular flexibility index (Phi) is 4.27. The molecule has 0 saturated carbocycles. The maximum absolute atomic E-state index is 12.4. The lowest BCUT2D eigenvalue weighted by molar-refractivity contribution is 0.0995. The van der Waals surface area contributed by atoms with Crippen LogP contribution in [0.2, 0.25) is 10.0 Å². The Morgan fingerprint density at radius 1 is 0.950 bits per heavy atom. The summed E-state index contributed by atoms with van der Waals surface area (Å²) in [7, 11) is 0. The van der Waals surface area contributed by atoms with E-state index in [1.54, 1.807) is 30.3 Å². The summed E-state index contributed by atoms with van der Waals surface area (Å²) in [4.78, 5) is 24.8. The minimum Gasteiger partial charge on any atom is -0.351 e. The van der Waals surface area contributed by atoms with Gasteiger partial charge >= 0.3 is 6.03 Å². The first-order valence-corrected chi connectivity index (χ1v) is 6.40. The van der Waals surface area contributed by atoms with Crippen molar-refractivity contribution in [2.24, 2.45) is 5.73 Å². The molecule has 0 heterocycles. The second-order valence-electron chi connectivity index (χ2n) is 3.94. The molecule has 0 fully saturated rings. The van der Waals surface area contributed by atoms with E-state index in [0.717, 1.165) is 4.90 Å². The minimum absolute atomic E-state index is 0.197. The quantitative estimate of drug-likeness (QED) is 0.919. The number of nitrogens with two attached hydrogens (primary N) is 1. The van der Waals surface area contributed by atoms with Crippen molar-refractivity contribution in [3.63, 3.8) is 0 Å². The number of benzene rings is 2. The monoisotopic (exact) mass is 308 g/mol. The first-order chi connectivity index (χ1) is 9.50. The van der Waals surface area contributed by atoms with Crippen molar-refractivity contribution in [2.45, 2.75) is 0 Å². The van der Waals surface area contributed by atoms with Gasteiger partial charge in [-0.2, -0.15) is 0 Å². The summed E-state index contributed by atoms with van der Waals surface area (Å²) in [6.45, 7) is 0. The first-order valence-electron chi connectivity index (χ1n) is 5.64. The van der Waals surface area contributed by atoms with Crippen molar-refractivity contribution in [2.75, 3.05) is 4.90 Å². The number of imide groups is 1. The summed E-state index contributed by atoms with van der Waals surface area (Å²) in [5.41, 5.74) is 5.81. The third-order valence-corrected chi connectivity index (χ3v) is 3.19. The van der Waals surface area contributed by atoms with Gasteiger partial charge in [0.05, 0.1) is 16.3 Å². The molecule has 102 valence electrons. The van der Waals surface area contributed by atoms with Gasteiger partial charge in [-0.05, 0) is 36.4 Å². The van der Waals surface area contributed by atoms with Gasteiger partial charge in [0.15, 0.2) is 0 Å². The number of nitrogens with zero attached hydrogens (tertiary/aromatic N) is 1. The lowest BCUT2D eigenvalue weighted by atomic mass is 10.2. The molecule has 2 aromatic carbocycles. The number of hydrogen-bond acceptors (Lipinski definition) is 2. The van der Waals surface area contributed by atoms with Crippen molar-refractivity contribution >= 4 is 40.8 Å². The number of urea groups is 1. The zero-order valence-corrected chi connectivity index (χ0v) is 11.7. The number of carbonyl (C=O) groups excluding carboxylic acids is 2. The fraction of sp³-hybridized carbons (Fsp3) is 0. The zero-order valence-electron chi connectivity index (χ0n) is 10.2. The highest BCUT2D eigenvalue weighted by Crippen LogP contribution is 2.23. The second-order valence-corrected chi connectivity index (χ2v) is 4.78. The van der Waals surface area contributed by atoms with Crippen LogP contribution in [0.5, 0.6) is 0 Å². The van der Waals surface area contributed by atoms with Crippen molar-refractivity contribution < 1.29 is 9.59 Å². The fourth-order valence-corrected chi connectivity index (χ4v) is 2.03. The maximum Gasteiger partial charge on any atom is 0.326 e. The molecule has 6 heteroatoms. The third kappa shape index (κ3) is 2.92. The van der Waals surface area contributed by atoms with E-state index in [9.17, 15) is 9.59 Å². The first kappa shape index (κ1) is 14.4. The van der Waals surface area contributed by atoms with E-state index in [-0.39, 0.29) is 10.6 Å². The van der Waals surface area contributed by atoms with Crippen LogP contribution >= 0.6 is 23.2 Å². The van der Waals surface area contributed by atoms with E-state index in [2.05, 4.69) is 0 Å². The Balaban J connectivity index is 2.44. The lowest BCUT2D eigenvalue weighted by Gasteiger charge is -2.19. The lowest BCUT2D eigenvalue weighted by Crippen LogP contribution is -2.41. The number of primary amides is 1. The molecule has 0 radical (unpaired) electrons. The van der Waals surface area contributed by atoms with Gasteiger partial charge in [0, 0.05) is 5.02 Å². The molecule has 3 amide bonds. The number of amides is 3. The van der Waals surface area contributed by atoms with Crippen LogP contribution < -0.4 is 10.6 Å². The van der Waals surface area contributed by atoms with Gasteiger partial charge in [-0.15, -0.1) is 0 Å². The summed E-state index contributed by atoms with van der Waals surface area (Å²) < 4.78 is 0. The minimum atomic E-state index is -0.891. The highest BCUT2D eigenvalue weighted by Gasteiger charge is 2.24. The van der Waals surface area contributed by atoms with Crippen LogP contribution in [0.15, 0.2) is 48.5 Å². The molecular weight excluding hydrogens is 299 g/mol. The summed E-state index contributed by atoms with van der Waals surface area (Å²) in [6.07, 6.45) is 0. The second kappa shape index (κ2) is 5.94. The molecule has 2 rings (SSSR count). The number of carbonyl (C=O) groups is 2. The average molecular weight is 309 g/mol. The van der Waals surface area contributed by atoms with E-state index in [1.807, 2.05) is 0 Å². The van der Waals surface area contributed by atoms with Crippen LogP contribution in [-0.4, -0.2) is 11.9 Å². The topological polar surface area (TPSA) is 63.4 Å². The van der Waals surface area contributed by atoms with Crippen LogP contribution in [0, 0.1) is 0 Å². The van der Waals surface area contributed by atoms with E-state index in [4.69, 9.17) is 28.9 Å². The normalized spacial score (nSPS) is 10.1. The number of rotatable bonds is 2. The van der Waals surface area contributed by atoms with Crippen molar-refractivity contribution in [3.05, 3.63) is 64.1 Å². The SMILES string of the molecule is NC(=O)N(C(=O)c1ccccc1Cl)c1ccc(Cl)cc1. The van der Waals surface area contributed by atoms with Crippen LogP contribution in [0.25, 0.3) is 0 Å². The van der Waals surface area contributed by atoms with Gasteiger partial charge in [0.25, 0.3) is 5.91 Å². The average Bonchev–Trinajstić information content (AvgIpc) is 2.41. The summed E-state index contributed by atoms with van der Waals surface area (Å²) in [5.74, 6) is -0.592. The number of anilines is 1. The van der Waals surface area contributed by atoms with E-state index in [0.29, 0.717) is 10.7 Å². The molecule has 0 aliphatic rings. The third-order valence-electron chi connectivity index (χ3n) is 2.61. The van der Waals surface area contributed by atoms with Gasteiger partial charge < -0.3 is 5.73 Å². The summed E-state index contributed by atoms with van der Waals surface area (Å²) >= 11 is 11.7. The highest BCUT2D eigenvalue weighted by molar-refractivity contribution is 6.36. The van der Waals surface area contributed by atoms with E-state index >= 15 is 0 Å².